The number of nitrogens with two attached hydrogens (primary N) is 1. The molecule has 2 aliphatic heterocycles. The second-order valence-electron chi connectivity index (χ2n) is 5.41. The van der Waals surface area contributed by atoms with E-state index in [0.29, 0.717) is 17.4 Å². The summed E-state index contributed by atoms with van der Waals surface area (Å²) in [5, 5.41) is 0. The first-order valence-electron chi connectivity index (χ1n) is 6.99. The molecule has 2 saturated heterocycles. The Morgan fingerprint density at radius 3 is 2.74 bits per heavy atom. The first kappa shape index (κ1) is 12.4. The Hall–Kier alpha value is -1.62. The van der Waals surface area contributed by atoms with Crippen LogP contribution in [0.1, 0.15) is 29.6 Å². The van der Waals surface area contributed by atoms with Crippen molar-refractivity contribution in [1.82, 2.24) is 14.8 Å². The second kappa shape index (κ2) is 5.17. The summed E-state index contributed by atoms with van der Waals surface area (Å²) in [5.74, 6) is 0.530. The lowest BCUT2D eigenvalue weighted by Crippen LogP contribution is -2.37. The molecule has 0 spiro atoms. The van der Waals surface area contributed by atoms with Gasteiger partial charge in [0.15, 0.2) is 0 Å². The molecule has 0 saturated carbocycles. The maximum Gasteiger partial charge on any atom is 0.255 e. The molecule has 1 aromatic heterocycles. The van der Waals surface area contributed by atoms with Crippen LogP contribution in [0.25, 0.3) is 0 Å². The normalized spacial score (nSPS) is 24.0. The van der Waals surface area contributed by atoms with E-state index < -0.39 is 0 Å². The van der Waals surface area contributed by atoms with Crippen molar-refractivity contribution in [3.63, 3.8) is 0 Å². The first-order chi connectivity index (χ1) is 9.24. The van der Waals surface area contributed by atoms with Gasteiger partial charge in [-0.15, -0.1) is 0 Å². The van der Waals surface area contributed by atoms with Crippen molar-refractivity contribution in [2.75, 3.05) is 31.9 Å². The summed E-state index contributed by atoms with van der Waals surface area (Å²) in [4.78, 5) is 20.8. The van der Waals surface area contributed by atoms with Gasteiger partial charge < -0.3 is 10.6 Å². The topological polar surface area (TPSA) is 62.5 Å². The standard InChI is InChI=1S/C14H20N4O/c15-13-4-3-11(9-16-13)14(19)18-8-5-12(10-18)17-6-1-2-7-17/h3-4,9,12H,1-2,5-8,10H2,(H2,15,16). The molecule has 1 amide bonds. The lowest BCUT2D eigenvalue weighted by Gasteiger charge is -2.23. The van der Waals surface area contributed by atoms with Gasteiger partial charge in [0.05, 0.1) is 5.56 Å². The number of rotatable bonds is 2. The zero-order valence-electron chi connectivity index (χ0n) is 11.1. The lowest BCUT2D eigenvalue weighted by atomic mass is 10.2. The van der Waals surface area contributed by atoms with Crippen molar-refractivity contribution in [3.8, 4) is 0 Å². The van der Waals surface area contributed by atoms with Crippen LogP contribution < -0.4 is 5.73 Å². The van der Waals surface area contributed by atoms with E-state index in [1.807, 2.05) is 4.90 Å². The summed E-state index contributed by atoms with van der Waals surface area (Å²) in [6, 6.07) is 3.99. The molecule has 2 aliphatic rings. The number of carbonyl (C=O) groups is 1. The second-order valence-corrected chi connectivity index (χ2v) is 5.41. The molecule has 0 aliphatic carbocycles. The number of likely N-dealkylation sites (tertiary alicyclic amines) is 2. The van der Waals surface area contributed by atoms with Gasteiger partial charge in [-0.2, -0.15) is 0 Å². The molecule has 1 unspecified atom stereocenters. The Kier molecular flexibility index (Phi) is 3.38. The number of nitrogens with zero attached hydrogens (tertiary/aromatic N) is 3. The average molecular weight is 260 g/mol. The van der Waals surface area contributed by atoms with Crippen LogP contribution in [0.15, 0.2) is 18.3 Å². The van der Waals surface area contributed by atoms with Crippen molar-refractivity contribution in [2.45, 2.75) is 25.3 Å². The summed E-state index contributed by atoms with van der Waals surface area (Å²) < 4.78 is 0. The highest BCUT2D eigenvalue weighted by Gasteiger charge is 2.31. The minimum atomic E-state index is 0.0780. The predicted molar refractivity (Wildman–Crippen MR) is 73.8 cm³/mol. The number of nitrogen functional groups attached to an aromatic ring is 1. The fourth-order valence-electron chi connectivity index (χ4n) is 3.05. The number of hydrogen-bond acceptors (Lipinski definition) is 4. The van der Waals surface area contributed by atoms with Gasteiger partial charge in [-0.05, 0) is 44.5 Å². The fraction of sp³-hybridized carbons (Fsp3) is 0.571. The van der Waals surface area contributed by atoms with Crippen LogP contribution in [-0.4, -0.2) is 52.9 Å². The van der Waals surface area contributed by atoms with Gasteiger partial charge in [-0.25, -0.2) is 4.98 Å². The molecule has 5 heteroatoms. The van der Waals surface area contributed by atoms with Gasteiger partial charge in [0.2, 0.25) is 0 Å². The van der Waals surface area contributed by atoms with Crippen LogP contribution in [0.3, 0.4) is 0 Å². The van der Waals surface area contributed by atoms with E-state index in [-0.39, 0.29) is 5.91 Å². The van der Waals surface area contributed by atoms with E-state index in [1.165, 1.54) is 25.9 Å². The Labute approximate surface area is 113 Å². The highest BCUT2D eigenvalue weighted by molar-refractivity contribution is 5.94. The Bertz CT molecular complexity index is 453. The SMILES string of the molecule is Nc1ccc(C(=O)N2CCC(N3CCCC3)C2)cn1. The van der Waals surface area contributed by atoms with Gasteiger partial charge in [0, 0.05) is 25.3 Å². The minimum Gasteiger partial charge on any atom is -0.384 e. The maximum atomic E-state index is 12.3. The van der Waals surface area contributed by atoms with E-state index in [4.69, 9.17) is 5.73 Å². The van der Waals surface area contributed by atoms with Crippen LogP contribution in [0.4, 0.5) is 5.82 Å². The number of hydrogen-bond donors (Lipinski definition) is 1. The van der Waals surface area contributed by atoms with Crippen molar-refractivity contribution >= 4 is 11.7 Å². The van der Waals surface area contributed by atoms with Crippen molar-refractivity contribution in [2.24, 2.45) is 0 Å². The van der Waals surface area contributed by atoms with Crippen LogP contribution >= 0.6 is 0 Å². The van der Waals surface area contributed by atoms with Crippen molar-refractivity contribution in [3.05, 3.63) is 23.9 Å². The van der Waals surface area contributed by atoms with Crippen LogP contribution in [0.2, 0.25) is 0 Å². The average Bonchev–Trinajstić information content (AvgIpc) is 3.10. The Balaban J connectivity index is 1.63. The van der Waals surface area contributed by atoms with E-state index in [9.17, 15) is 4.79 Å². The molecule has 1 aromatic rings. The quantitative estimate of drug-likeness (QED) is 0.861. The van der Waals surface area contributed by atoms with Crippen molar-refractivity contribution < 1.29 is 4.79 Å². The summed E-state index contributed by atoms with van der Waals surface area (Å²) in [6.07, 6.45) is 5.26. The molecule has 2 N–H and O–H groups in total. The fourth-order valence-corrected chi connectivity index (χ4v) is 3.05. The molecular formula is C14H20N4O. The molecule has 2 fully saturated rings. The molecule has 3 heterocycles. The smallest absolute Gasteiger partial charge is 0.255 e. The Morgan fingerprint density at radius 1 is 1.26 bits per heavy atom. The van der Waals surface area contributed by atoms with Gasteiger partial charge in [0.25, 0.3) is 5.91 Å². The summed E-state index contributed by atoms with van der Waals surface area (Å²) in [6.45, 7) is 4.08. The molecule has 0 bridgehead atoms. The molecule has 3 rings (SSSR count). The number of anilines is 1. The van der Waals surface area contributed by atoms with Crippen LogP contribution in [0.5, 0.6) is 0 Å². The third-order valence-corrected chi connectivity index (χ3v) is 4.14. The largest absolute Gasteiger partial charge is 0.384 e. The molecule has 102 valence electrons. The van der Waals surface area contributed by atoms with E-state index in [0.717, 1.165) is 19.5 Å². The van der Waals surface area contributed by atoms with Crippen LogP contribution in [-0.2, 0) is 0 Å². The number of pyridine rings is 1. The molecule has 1 atom stereocenters. The minimum absolute atomic E-state index is 0.0780. The van der Waals surface area contributed by atoms with Gasteiger partial charge in [-0.3, -0.25) is 9.69 Å². The third kappa shape index (κ3) is 2.56. The van der Waals surface area contributed by atoms with Crippen LogP contribution in [0, 0.1) is 0 Å². The first-order valence-corrected chi connectivity index (χ1v) is 6.99. The van der Waals surface area contributed by atoms with E-state index in [2.05, 4.69) is 9.88 Å². The monoisotopic (exact) mass is 260 g/mol. The number of amides is 1. The zero-order chi connectivity index (χ0) is 13.2. The predicted octanol–water partition coefficient (Wildman–Crippen LogP) is 0.974. The molecule has 19 heavy (non-hydrogen) atoms. The lowest BCUT2D eigenvalue weighted by molar-refractivity contribution is 0.0779. The molecule has 0 radical (unpaired) electrons. The molecule has 5 nitrogen and oxygen atoms in total. The molecular weight excluding hydrogens is 240 g/mol. The van der Waals surface area contributed by atoms with Gasteiger partial charge in [0.1, 0.15) is 5.82 Å². The van der Waals surface area contributed by atoms with Gasteiger partial charge >= 0.3 is 0 Å². The zero-order valence-corrected chi connectivity index (χ0v) is 11.1. The summed E-state index contributed by atoms with van der Waals surface area (Å²) in [7, 11) is 0. The van der Waals surface area contributed by atoms with E-state index in [1.54, 1.807) is 18.3 Å². The molecule has 0 aromatic carbocycles. The number of carbonyl (C=O) groups excluding carboxylic acids is 1. The number of aromatic nitrogens is 1. The highest BCUT2D eigenvalue weighted by Crippen LogP contribution is 2.21. The van der Waals surface area contributed by atoms with Crippen molar-refractivity contribution in [1.29, 1.82) is 0 Å². The van der Waals surface area contributed by atoms with E-state index >= 15 is 0 Å². The Morgan fingerprint density at radius 2 is 2.05 bits per heavy atom. The summed E-state index contributed by atoms with van der Waals surface area (Å²) >= 11 is 0. The third-order valence-electron chi connectivity index (χ3n) is 4.14. The van der Waals surface area contributed by atoms with Gasteiger partial charge in [-0.1, -0.05) is 0 Å². The highest BCUT2D eigenvalue weighted by atomic mass is 16.2. The maximum absolute atomic E-state index is 12.3. The summed E-state index contributed by atoms with van der Waals surface area (Å²) in [5.41, 5.74) is 6.18.